The van der Waals surface area contributed by atoms with Crippen molar-refractivity contribution < 1.29 is 9.18 Å². The number of rotatable bonds is 2. The average Bonchev–Trinajstić information content (AvgIpc) is 2.41. The highest BCUT2D eigenvalue weighted by Gasteiger charge is 2.35. The van der Waals surface area contributed by atoms with E-state index in [1.165, 1.54) is 12.5 Å². The van der Waals surface area contributed by atoms with Crippen LogP contribution in [0.1, 0.15) is 19.3 Å². The molecule has 1 heterocycles. The van der Waals surface area contributed by atoms with Crippen LogP contribution in [-0.2, 0) is 4.79 Å². The van der Waals surface area contributed by atoms with E-state index in [0.29, 0.717) is 17.5 Å². The van der Waals surface area contributed by atoms with Crippen molar-refractivity contribution in [1.82, 2.24) is 5.32 Å². The van der Waals surface area contributed by atoms with Crippen molar-refractivity contribution in [2.75, 3.05) is 18.4 Å². The molecular weight excluding hydrogens is 243 g/mol. The van der Waals surface area contributed by atoms with Gasteiger partial charge < -0.3 is 10.6 Å². The smallest absolute Gasteiger partial charge is 0.227 e. The molecule has 1 aromatic carbocycles. The number of fused-ring (bicyclic) bond motifs is 2. The molecule has 1 aromatic rings. The second-order valence-electron chi connectivity index (χ2n) is 5.76. The minimum Gasteiger partial charge on any atom is -0.323 e. The van der Waals surface area contributed by atoms with Crippen LogP contribution in [0.15, 0.2) is 24.3 Å². The van der Waals surface area contributed by atoms with Crippen molar-refractivity contribution in [2.45, 2.75) is 19.3 Å². The van der Waals surface area contributed by atoms with Gasteiger partial charge in [0.25, 0.3) is 0 Å². The van der Waals surface area contributed by atoms with Crippen LogP contribution >= 0.6 is 0 Å². The Balaban J connectivity index is 1.66. The van der Waals surface area contributed by atoms with Gasteiger partial charge >= 0.3 is 0 Å². The number of anilines is 1. The van der Waals surface area contributed by atoms with E-state index in [0.717, 1.165) is 25.9 Å². The lowest BCUT2D eigenvalue weighted by molar-refractivity contribution is -0.122. The third kappa shape index (κ3) is 2.78. The molecule has 2 unspecified atom stereocenters. The van der Waals surface area contributed by atoms with E-state index in [1.807, 2.05) is 0 Å². The van der Waals surface area contributed by atoms with Gasteiger partial charge in [-0.3, -0.25) is 4.79 Å². The van der Waals surface area contributed by atoms with Crippen molar-refractivity contribution in [3.05, 3.63) is 30.1 Å². The first-order valence-corrected chi connectivity index (χ1v) is 6.98. The number of benzene rings is 1. The maximum atomic E-state index is 13.5. The molecule has 1 aliphatic heterocycles. The summed E-state index contributed by atoms with van der Waals surface area (Å²) in [7, 11) is 0. The van der Waals surface area contributed by atoms with E-state index < -0.39 is 0 Å². The summed E-state index contributed by atoms with van der Waals surface area (Å²) in [6, 6.07) is 6.34. The molecule has 4 heteroatoms. The zero-order valence-electron chi connectivity index (χ0n) is 10.9. The summed E-state index contributed by atoms with van der Waals surface area (Å²) < 4.78 is 13.5. The first kappa shape index (κ1) is 12.6. The summed E-state index contributed by atoms with van der Waals surface area (Å²) in [6.07, 6.45) is 3.07. The zero-order chi connectivity index (χ0) is 13.2. The minimum atomic E-state index is -0.367. The first-order valence-electron chi connectivity index (χ1n) is 6.98. The molecule has 1 amide bonds. The van der Waals surface area contributed by atoms with Crippen LogP contribution in [0.3, 0.4) is 0 Å². The molecule has 2 bridgehead atoms. The second kappa shape index (κ2) is 5.29. The van der Waals surface area contributed by atoms with Gasteiger partial charge in [-0.15, -0.1) is 0 Å². The molecule has 0 spiro atoms. The molecule has 2 fully saturated rings. The number of hydrogen-bond donors (Lipinski definition) is 2. The van der Waals surface area contributed by atoms with Crippen LogP contribution in [0, 0.1) is 23.6 Å². The number of carbonyl (C=O) groups excluding carboxylic acids is 1. The average molecular weight is 262 g/mol. The van der Waals surface area contributed by atoms with Gasteiger partial charge in [0.05, 0.1) is 5.69 Å². The molecule has 2 aliphatic rings. The summed E-state index contributed by atoms with van der Waals surface area (Å²) in [6.45, 7) is 2.03. The number of para-hydroxylation sites is 1. The lowest BCUT2D eigenvalue weighted by atomic mass is 9.72. The largest absolute Gasteiger partial charge is 0.323 e. The van der Waals surface area contributed by atoms with Gasteiger partial charge in [0.1, 0.15) is 5.82 Å². The number of hydrogen-bond acceptors (Lipinski definition) is 2. The molecule has 3 rings (SSSR count). The monoisotopic (exact) mass is 262 g/mol. The predicted octanol–water partition coefficient (Wildman–Crippen LogP) is 2.40. The fourth-order valence-corrected chi connectivity index (χ4v) is 3.40. The fourth-order valence-electron chi connectivity index (χ4n) is 3.40. The fraction of sp³-hybridized carbons (Fsp3) is 0.533. The Morgan fingerprint density at radius 2 is 1.84 bits per heavy atom. The number of carbonyl (C=O) groups is 1. The highest BCUT2D eigenvalue weighted by atomic mass is 19.1. The molecule has 1 saturated heterocycles. The van der Waals surface area contributed by atoms with Crippen molar-refractivity contribution in [3.63, 3.8) is 0 Å². The third-order valence-corrected chi connectivity index (χ3v) is 4.27. The van der Waals surface area contributed by atoms with Gasteiger partial charge in [-0.05, 0) is 56.3 Å². The second-order valence-corrected chi connectivity index (χ2v) is 5.76. The molecule has 0 aromatic heterocycles. The first-order chi connectivity index (χ1) is 9.22. The van der Waals surface area contributed by atoms with E-state index >= 15 is 0 Å². The number of halogens is 1. The highest BCUT2D eigenvalue weighted by molar-refractivity contribution is 5.92. The van der Waals surface area contributed by atoms with Gasteiger partial charge in [0, 0.05) is 5.92 Å². The lowest BCUT2D eigenvalue weighted by Gasteiger charge is -2.38. The molecule has 0 radical (unpaired) electrons. The van der Waals surface area contributed by atoms with E-state index in [2.05, 4.69) is 10.6 Å². The molecule has 1 aliphatic carbocycles. The predicted molar refractivity (Wildman–Crippen MR) is 72.2 cm³/mol. The van der Waals surface area contributed by atoms with Crippen LogP contribution in [0.4, 0.5) is 10.1 Å². The van der Waals surface area contributed by atoms with Crippen molar-refractivity contribution in [2.24, 2.45) is 17.8 Å². The van der Waals surface area contributed by atoms with Gasteiger partial charge in [-0.1, -0.05) is 12.1 Å². The molecule has 1 saturated carbocycles. The Labute approximate surface area is 112 Å². The molecule has 3 nitrogen and oxygen atoms in total. The van der Waals surface area contributed by atoms with Crippen molar-refractivity contribution >= 4 is 11.6 Å². The molecule has 102 valence electrons. The lowest BCUT2D eigenvalue weighted by Crippen LogP contribution is -2.44. The maximum absolute atomic E-state index is 13.5. The highest BCUT2D eigenvalue weighted by Crippen LogP contribution is 2.35. The molecule has 2 atom stereocenters. The van der Waals surface area contributed by atoms with Crippen LogP contribution in [0.5, 0.6) is 0 Å². The van der Waals surface area contributed by atoms with Crippen molar-refractivity contribution in [1.29, 1.82) is 0 Å². The van der Waals surface area contributed by atoms with Gasteiger partial charge in [0.15, 0.2) is 0 Å². The normalized spacial score (nSPS) is 29.8. The zero-order valence-corrected chi connectivity index (χ0v) is 10.9. The van der Waals surface area contributed by atoms with E-state index in [1.54, 1.807) is 18.2 Å². The summed E-state index contributed by atoms with van der Waals surface area (Å²) in [5, 5.41) is 6.15. The minimum absolute atomic E-state index is 0.0262. The van der Waals surface area contributed by atoms with Crippen LogP contribution < -0.4 is 10.6 Å². The van der Waals surface area contributed by atoms with E-state index in [9.17, 15) is 9.18 Å². The SMILES string of the molecule is O=C(Nc1ccccc1F)C1CC2CNCC(C2)C1. The van der Waals surface area contributed by atoms with Gasteiger partial charge in [-0.25, -0.2) is 4.39 Å². The Morgan fingerprint density at radius 3 is 2.53 bits per heavy atom. The van der Waals surface area contributed by atoms with Crippen LogP contribution in [0.2, 0.25) is 0 Å². The number of amides is 1. The Hall–Kier alpha value is -1.42. The van der Waals surface area contributed by atoms with Crippen molar-refractivity contribution in [3.8, 4) is 0 Å². The van der Waals surface area contributed by atoms with Gasteiger partial charge in [-0.2, -0.15) is 0 Å². The standard InChI is InChI=1S/C15H19FN2O/c16-13-3-1-2-4-14(13)18-15(19)12-6-10-5-11(7-12)9-17-8-10/h1-4,10-12,17H,5-9H2,(H,18,19). The number of piperidine rings is 1. The Bertz CT molecular complexity index is 465. The molecule has 19 heavy (non-hydrogen) atoms. The summed E-state index contributed by atoms with van der Waals surface area (Å²) in [5.74, 6) is 0.841. The quantitative estimate of drug-likeness (QED) is 0.859. The van der Waals surface area contributed by atoms with Gasteiger partial charge in [0.2, 0.25) is 5.91 Å². The van der Waals surface area contributed by atoms with Crippen LogP contribution in [0.25, 0.3) is 0 Å². The van der Waals surface area contributed by atoms with E-state index in [-0.39, 0.29) is 17.6 Å². The maximum Gasteiger partial charge on any atom is 0.227 e. The molecule has 2 N–H and O–H groups in total. The summed E-state index contributed by atoms with van der Waals surface area (Å²) in [4.78, 5) is 12.3. The summed E-state index contributed by atoms with van der Waals surface area (Å²) >= 11 is 0. The number of nitrogens with one attached hydrogen (secondary N) is 2. The topological polar surface area (TPSA) is 41.1 Å². The molecular formula is C15H19FN2O. The summed E-state index contributed by atoms with van der Waals surface area (Å²) in [5.41, 5.74) is 0.293. The van der Waals surface area contributed by atoms with Crippen LogP contribution in [-0.4, -0.2) is 19.0 Å². The Kier molecular flexibility index (Phi) is 3.51. The third-order valence-electron chi connectivity index (χ3n) is 4.27. The van der Waals surface area contributed by atoms with E-state index in [4.69, 9.17) is 0 Å². The Morgan fingerprint density at radius 1 is 1.16 bits per heavy atom.